The number of nitrogens with zero attached hydrogens (tertiary/aromatic N) is 1. The largest absolute Gasteiger partial charge is 0.342 e. The van der Waals surface area contributed by atoms with Gasteiger partial charge in [0.2, 0.25) is 17.7 Å². The van der Waals surface area contributed by atoms with Crippen LogP contribution in [0.25, 0.3) is 0 Å². The molecule has 7 nitrogen and oxygen atoms in total. The molecular weight excluding hydrogens is 418 g/mol. The second kappa shape index (κ2) is 11.8. The number of hydrogen-bond donors (Lipinski definition) is 2. The lowest BCUT2D eigenvalue weighted by Gasteiger charge is -2.32. The normalized spacial score (nSPS) is 17.7. The number of likely N-dealkylation sites (tertiary alicyclic amines) is 1. The molecule has 0 saturated carbocycles. The monoisotopic (exact) mass is 455 g/mol. The molecule has 1 aliphatic heterocycles. The lowest BCUT2D eigenvalue weighted by molar-refractivity contribution is -0.141. The summed E-state index contributed by atoms with van der Waals surface area (Å²) in [6, 6.07) is 8.14. The molecule has 0 radical (unpaired) electrons. The molecule has 2 N–H and O–H groups in total. The van der Waals surface area contributed by atoms with Crippen molar-refractivity contribution in [3.8, 4) is 0 Å². The number of ketones is 1. The molecule has 0 bridgehead atoms. The molecule has 1 aromatic carbocycles. The summed E-state index contributed by atoms with van der Waals surface area (Å²) in [6.45, 7) is 10.7. The summed E-state index contributed by atoms with van der Waals surface area (Å²) >= 11 is 0. The van der Waals surface area contributed by atoms with Crippen molar-refractivity contribution >= 4 is 23.5 Å². The molecule has 180 valence electrons. The van der Waals surface area contributed by atoms with Crippen molar-refractivity contribution in [1.29, 1.82) is 0 Å². The molecule has 1 aliphatic rings. The molecule has 1 heterocycles. The second-order valence-corrected chi connectivity index (χ2v) is 9.40. The Morgan fingerprint density at radius 3 is 2.48 bits per heavy atom. The molecule has 7 heteroatoms. The number of hydrogen-bond acceptors (Lipinski definition) is 4. The third-order valence-electron chi connectivity index (χ3n) is 6.15. The summed E-state index contributed by atoms with van der Waals surface area (Å²) in [5.74, 6) is -1.25. The SMILES string of the molecule is C=CCCC(C)C(=O)NC(C)(C)C(=O)NC(Cc1ccccc1)C(=O)N1CCCC1C(C)=O. The Labute approximate surface area is 197 Å². The van der Waals surface area contributed by atoms with Crippen molar-refractivity contribution in [2.24, 2.45) is 5.92 Å². The molecule has 3 amide bonds. The van der Waals surface area contributed by atoms with Crippen LogP contribution in [0.15, 0.2) is 43.0 Å². The van der Waals surface area contributed by atoms with Crippen LogP contribution in [0.2, 0.25) is 0 Å². The Morgan fingerprint density at radius 2 is 1.88 bits per heavy atom. The first kappa shape index (κ1) is 26.3. The molecule has 0 aliphatic carbocycles. The maximum Gasteiger partial charge on any atom is 0.246 e. The minimum Gasteiger partial charge on any atom is -0.342 e. The van der Waals surface area contributed by atoms with Crippen LogP contribution in [0.4, 0.5) is 0 Å². The fraction of sp³-hybridized carbons (Fsp3) is 0.538. The van der Waals surface area contributed by atoms with Crippen LogP contribution in [0, 0.1) is 5.92 Å². The predicted molar refractivity (Wildman–Crippen MR) is 128 cm³/mol. The van der Waals surface area contributed by atoms with Crippen LogP contribution in [0.1, 0.15) is 58.9 Å². The number of carbonyl (C=O) groups is 4. The maximum atomic E-state index is 13.4. The number of allylic oxidation sites excluding steroid dienone is 1. The third kappa shape index (κ3) is 7.27. The maximum absolute atomic E-state index is 13.4. The first-order valence-corrected chi connectivity index (χ1v) is 11.7. The molecule has 1 aromatic rings. The van der Waals surface area contributed by atoms with Gasteiger partial charge in [-0.1, -0.05) is 43.3 Å². The van der Waals surface area contributed by atoms with E-state index >= 15 is 0 Å². The van der Waals surface area contributed by atoms with Gasteiger partial charge in [0.05, 0.1) is 6.04 Å². The fourth-order valence-corrected chi connectivity index (χ4v) is 4.03. The van der Waals surface area contributed by atoms with Crippen molar-refractivity contribution in [1.82, 2.24) is 15.5 Å². The zero-order valence-corrected chi connectivity index (χ0v) is 20.2. The van der Waals surface area contributed by atoms with E-state index < -0.39 is 23.5 Å². The van der Waals surface area contributed by atoms with E-state index in [2.05, 4.69) is 17.2 Å². The van der Waals surface area contributed by atoms with Crippen LogP contribution < -0.4 is 10.6 Å². The first-order valence-electron chi connectivity index (χ1n) is 11.7. The van der Waals surface area contributed by atoms with Gasteiger partial charge in [0.15, 0.2) is 5.78 Å². The van der Waals surface area contributed by atoms with Crippen LogP contribution in [0.3, 0.4) is 0 Å². The number of Topliss-reactive ketones (excluding diaryl/α,β-unsaturated/α-hetero) is 1. The van der Waals surface area contributed by atoms with E-state index in [1.165, 1.54) is 6.92 Å². The van der Waals surface area contributed by atoms with Gasteiger partial charge in [-0.2, -0.15) is 0 Å². The third-order valence-corrected chi connectivity index (χ3v) is 6.15. The first-order chi connectivity index (χ1) is 15.6. The smallest absolute Gasteiger partial charge is 0.246 e. The number of rotatable bonds is 11. The van der Waals surface area contributed by atoms with Crippen molar-refractivity contribution in [2.75, 3.05) is 6.54 Å². The average molecular weight is 456 g/mol. The van der Waals surface area contributed by atoms with E-state index in [0.717, 1.165) is 12.0 Å². The number of benzene rings is 1. The molecule has 3 atom stereocenters. The molecule has 0 aromatic heterocycles. The van der Waals surface area contributed by atoms with Gasteiger partial charge in [0.1, 0.15) is 11.6 Å². The molecule has 0 spiro atoms. The minimum atomic E-state index is -1.21. The highest BCUT2D eigenvalue weighted by molar-refractivity contribution is 5.96. The molecule has 1 saturated heterocycles. The van der Waals surface area contributed by atoms with Crippen molar-refractivity contribution in [3.63, 3.8) is 0 Å². The van der Waals surface area contributed by atoms with E-state index in [1.807, 2.05) is 37.3 Å². The summed E-state index contributed by atoms with van der Waals surface area (Å²) in [4.78, 5) is 52.8. The van der Waals surface area contributed by atoms with E-state index in [1.54, 1.807) is 24.8 Å². The molecule has 3 unspecified atom stereocenters. The van der Waals surface area contributed by atoms with E-state index in [4.69, 9.17) is 0 Å². The van der Waals surface area contributed by atoms with Gasteiger partial charge < -0.3 is 15.5 Å². The highest BCUT2D eigenvalue weighted by Gasteiger charge is 2.38. The van der Waals surface area contributed by atoms with Gasteiger partial charge in [-0.15, -0.1) is 6.58 Å². The Hall–Kier alpha value is -2.96. The van der Waals surface area contributed by atoms with Crippen molar-refractivity contribution in [3.05, 3.63) is 48.6 Å². The highest BCUT2D eigenvalue weighted by Crippen LogP contribution is 2.20. The Balaban J connectivity index is 2.18. The van der Waals surface area contributed by atoms with Gasteiger partial charge in [-0.25, -0.2) is 0 Å². The summed E-state index contributed by atoms with van der Waals surface area (Å²) in [6.07, 6.45) is 4.80. The van der Waals surface area contributed by atoms with Gasteiger partial charge in [0.25, 0.3) is 0 Å². The van der Waals surface area contributed by atoms with E-state index in [-0.39, 0.29) is 23.5 Å². The van der Waals surface area contributed by atoms with Crippen LogP contribution in [-0.2, 0) is 25.6 Å². The number of nitrogens with one attached hydrogen (secondary N) is 2. The van der Waals surface area contributed by atoms with Crippen LogP contribution in [-0.4, -0.2) is 52.6 Å². The Bertz CT molecular complexity index is 866. The molecular formula is C26H37N3O4. The van der Waals surface area contributed by atoms with Crippen molar-refractivity contribution < 1.29 is 19.2 Å². The zero-order chi connectivity index (χ0) is 24.6. The van der Waals surface area contributed by atoms with Gasteiger partial charge in [-0.3, -0.25) is 19.2 Å². The summed E-state index contributed by atoms with van der Waals surface area (Å²) < 4.78 is 0. The van der Waals surface area contributed by atoms with Crippen molar-refractivity contribution in [2.45, 2.75) is 77.4 Å². The highest BCUT2D eigenvalue weighted by atomic mass is 16.2. The standard InChI is InChI=1S/C26H37N3O4/c1-6-7-12-18(2)23(31)28-26(4,5)25(33)27-21(17-20-13-9-8-10-14-20)24(32)29-16-11-15-22(29)19(3)30/h6,8-10,13-14,18,21-22H,1,7,11-12,15-17H2,2-5H3,(H,27,33)(H,28,31). The van der Waals surface area contributed by atoms with Gasteiger partial charge in [-0.05, 0) is 52.0 Å². The molecule has 1 fully saturated rings. The number of amides is 3. The summed E-state index contributed by atoms with van der Waals surface area (Å²) in [5, 5.41) is 5.66. The fourth-order valence-electron chi connectivity index (χ4n) is 4.03. The topological polar surface area (TPSA) is 95.6 Å². The minimum absolute atomic E-state index is 0.0493. The Kier molecular flexibility index (Phi) is 9.38. The van der Waals surface area contributed by atoms with E-state index in [0.29, 0.717) is 32.2 Å². The Morgan fingerprint density at radius 1 is 1.21 bits per heavy atom. The predicted octanol–water partition coefficient (Wildman–Crippen LogP) is 2.79. The number of carbonyl (C=O) groups excluding carboxylic acids is 4. The quantitative estimate of drug-likeness (QED) is 0.502. The molecule has 2 rings (SSSR count). The van der Waals surface area contributed by atoms with Crippen LogP contribution >= 0.6 is 0 Å². The zero-order valence-electron chi connectivity index (χ0n) is 20.2. The van der Waals surface area contributed by atoms with Gasteiger partial charge in [0, 0.05) is 18.9 Å². The van der Waals surface area contributed by atoms with E-state index in [9.17, 15) is 19.2 Å². The second-order valence-electron chi connectivity index (χ2n) is 9.40. The van der Waals surface area contributed by atoms with Crippen LogP contribution in [0.5, 0.6) is 0 Å². The summed E-state index contributed by atoms with van der Waals surface area (Å²) in [5.41, 5.74) is -0.311. The lowest BCUT2D eigenvalue weighted by Crippen LogP contribution is -2.60. The summed E-state index contributed by atoms with van der Waals surface area (Å²) in [7, 11) is 0. The lowest BCUT2D eigenvalue weighted by atomic mass is 9.98. The average Bonchev–Trinajstić information content (AvgIpc) is 3.27. The van der Waals surface area contributed by atoms with Gasteiger partial charge >= 0.3 is 0 Å². The molecule has 33 heavy (non-hydrogen) atoms.